The van der Waals surface area contributed by atoms with Crippen molar-refractivity contribution < 1.29 is 28.5 Å². The number of aromatic nitrogens is 2. The summed E-state index contributed by atoms with van der Waals surface area (Å²) in [5.74, 6) is -0.861. The summed E-state index contributed by atoms with van der Waals surface area (Å²) >= 11 is 2.56. The molecule has 2 aromatic carbocycles. The molecule has 6 rings (SSSR count). The normalized spacial score (nSPS) is 18.0. The summed E-state index contributed by atoms with van der Waals surface area (Å²) in [6, 6.07) is 19.6. The predicted molar refractivity (Wildman–Crippen MR) is 168 cm³/mol. The van der Waals surface area contributed by atoms with Gasteiger partial charge in [0, 0.05) is 23.6 Å². The number of aryl methyl sites for hydroxylation is 1. The van der Waals surface area contributed by atoms with Crippen LogP contribution in [-0.2, 0) is 30.4 Å². The Morgan fingerprint density at radius 2 is 1.84 bits per heavy atom. The highest BCUT2D eigenvalue weighted by molar-refractivity contribution is 8.00. The van der Waals surface area contributed by atoms with Gasteiger partial charge >= 0.3 is 5.97 Å². The van der Waals surface area contributed by atoms with Gasteiger partial charge in [-0.2, -0.15) is 0 Å². The maximum absolute atomic E-state index is 14.1. The van der Waals surface area contributed by atoms with Gasteiger partial charge in [-0.25, -0.2) is 9.78 Å². The van der Waals surface area contributed by atoms with Gasteiger partial charge in [0.25, 0.3) is 11.8 Å². The zero-order valence-electron chi connectivity index (χ0n) is 24.2. The number of nitrogen functional groups attached to an aromatic ring is 1. The molecule has 0 saturated carbocycles. The predicted octanol–water partition coefficient (Wildman–Crippen LogP) is 3.60. The van der Waals surface area contributed by atoms with Crippen LogP contribution in [0.15, 0.2) is 93.1 Å². The number of nitrogens with one attached hydrogen (secondary N) is 1. The van der Waals surface area contributed by atoms with Crippen LogP contribution in [0.4, 0.5) is 5.13 Å². The van der Waals surface area contributed by atoms with Crippen molar-refractivity contribution in [2.24, 2.45) is 5.16 Å². The van der Waals surface area contributed by atoms with Crippen molar-refractivity contribution in [3.63, 3.8) is 0 Å². The largest absolute Gasteiger partial charge is 0.448 e. The van der Waals surface area contributed by atoms with Gasteiger partial charge in [-0.15, -0.1) is 23.1 Å². The molecule has 45 heavy (non-hydrogen) atoms. The minimum absolute atomic E-state index is 0.123. The van der Waals surface area contributed by atoms with Crippen molar-refractivity contribution in [2.75, 3.05) is 18.6 Å². The third kappa shape index (κ3) is 6.19. The van der Waals surface area contributed by atoms with Crippen LogP contribution >= 0.6 is 23.1 Å². The summed E-state index contributed by atoms with van der Waals surface area (Å²) in [5, 5.41) is 11.8. The minimum atomic E-state index is -0.934. The average molecular weight is 645 g/mol. The lowest BCUT2D eigenvalue weighted by molar-refractivity contribution is -0.154. The van der Waals surface area contributed by atoms with Gasteiger partial charge in [0.15, 0.2) is 16.9 Å². The van der Waals surface area contributed by atoms with E-state index in [9.17, 15) is 14.4 Å². The molecule has 0 spiro atoms. The van der Waals surface area contributed by atoms with Crippen molar-refractivity contribution in [1.82, 2.24) is 20.4 Å². The van der Waals surface area contributed by atoms with E-state index in [0.29, 0.717) is 22.8 Å². The molecule has 14 heteroatoms. The Bertz CT molecular complexity index is 1750. The van der Waals surface area contributed by atoms with Crippen molar-refractivity contribution in [2.45, 2.75) is 30.9 Å². The Balaban J connectivity index is 1.30. The fraction of sp³-hybridized carbons (Fsp3) is 0.226. The minimum Gasteiger partial charge on any atom is -0.448 e. The number of β-lactam (4-membered cyclic amide) rings is 1. The maximum Gasteiger partial charge on any atom is 0.356 e. The Kier molecular flexibility index (Phi) is 8.67. The zero-order chi connectivity index (χ0) is 31.5. The molecule has 2 atom stereocenters. The standard InChI is InChI=1S/C31H28N6O6S2/c1-17-13-21(43-35-17)14-20-15-44-29-24(34-27(38)23(36-41-2)22-16-45-31(32)33-22)28(39)37(29)25(20)30(40)42-26(18-9-5-3-6-10-18)19-11-7-4-8-12-19/h3-13,16,24,26,29H,14-15H2,1-2H3,(H2,32,33)(H,34,38)/b36-23-. The Morgan fingerprint density at radius 3 is 2.42 bits per heavy atom. The molecule has 2 aromatic heterocycles. The first kappa shape index (κ1) is 30.1. The zero-order valence-corrected chi connectivity index (χ0v) is 25.8. The van der Waals surface area contributed by atoms with Crippen molar-refractivity contribution in [3.05, 3.63) is 112 Å². The van der Waals surface area contributed by atoms with E-state index in [-0.39, 0.29) is 28.7 Å². The first-order chi connectivity index (χ1) is 21.8. The molecule has 2 aliphatic heterocycles. The number of nitrogens with two attached hydrogens (primary N) is 1. The number of thioether (sulfide) groups is 1. The summed E-state index contributed by atoms with van der Waals surface area (Å²) in [5.41, 5.74) is 8.86. The Morgan fingerprint density at radius 1 is 1.16 bits per heavy atom. The second-order valence-corrected chi connectivity index (χ2v) is 12.2. The maximum atomic E-state index is 14.1. The van der Waals surface area contributed by atoms with Crippen LogP contribution in [0.2, 0.25) is 0 Å². The molecule has 4 heterocycles. The number of ether oxygens (including phenoxy) is 1. The average Bonchev–Trinajstić information content (AvgIpc) is 3.68. The summed E-state index contributed by atoms with van der Waals surface area (Å²) in [7, 11) is 1.30. The van der Waals surface area contributed by atoms with Gasteiger partial charge in [0.2, 0.25) is 0 Å². The SMILES string of the molecule is CO/N=C(\C(=O)NC1C(=O)N2C(C(=O)OC(c3ccccc3)c3ccccc3)=C(Cc3cc(C)no3)CSC12)c1csc(N)n1. The summed E-state index contributed by atoms with van der Waals surface area (Å²) < 4.78 is 11.6. The third-order valence-corrected chi connectivity index (χ3v) is 9.20. The van der Waals surface area contributed by atoms with Crippen molar-refractivity contribution in [3.8, 4) is 0 Å². The van der Waals surface area contributed by atoms with Gasteiger partial charge in [-0.1, -0.05) is 71.0 Å². The number of thiazole rings is 1. The molecule has 230 valence electrons. The molecule has 12 nitrogen and oxygen atoms in total. The van der Waals surface area contributed by atoms with E-state index in [4.69, 9.17) is 19.8 Å². The Hall–Kier alpha value is -4.95. The number of hydrogen-bond acceptors (Lipinski definition) is 12. The van der Waals surface area contributed by atoms with E-state index in [1.165, 1.54) is 23.8 Å². The van der Waals surface area contributed by atoms with Crippen molar-refractivity contribution in [1.29, 1.82) is 0 Å². The summed E-state index contributed by atoms with van der Waals surface area (Å²) in [4.78, 5) is 51.4. The first-order valence-electron chi connectivity index (χ1n) is 13.9. The monoisotopic (exact) mass is 644 g/mol. The lowest BCUT2D eigenvalue weighted by Gasteiger charge is -2.49. The molecule has 3 N–H and O–H groups in total. The van der Waals surface area contributed by atoms with E-state index in [0.717, 1.165) is 22.5 Å². The number of oxime groups is 1. The smallest absolute Gasteiger partial charge is 0.356 e. The number of benzene rings is 2. The van der Waals surface area contributed by atoms with Gasteiger partial charge < -0.3 is 25.1 Å². The fourth-order valence-corrected chi connectivity index (χ4v) is 7.06. The second kappa shape index (κ2) is 13.0. The fourth-order valence-electron chi connectivity index (χ4n) is 5.17. The molecule has 1 fully saturated rings. The van der Waals surface area contributed by atoms with Crippen LogP contribution in [0.25, 0.3) is 0 Å². The van der Waals surface area contributed by atoms with Crippen LogP contribution in [0.3, 0.4) is 0 Å². The lowest BCUT2D eigenvalue weighted by atomic mass is 9.99. The molecule has 2 unspecified atom stereocenters. The highest BCUT2D eigenvalue weighted by atomic mass is 32.2. The molecule has 0 aliphatic carbocycles. The number of fused-ring (bicyclic) bond motifs is 1. The molecule has 2 aliphatic rings. The van der Waals surface area contributed by atoms with E-state index in [2.05, 4.69) is 20.6 Å². The number of carbonyl (C=O) groups is 3. The third-order valence-electron chi connectivity index (χ3n) is 7.18. The van der Waals surface area contributed by atoms with Crippen LogP contribution in [0.1, 0.15) is 34.4 Å². The molecular weight excluding hydrogens is 617 g/mol. The van der Waals surface area contributed by atoms with E-state index in [1.807, 2.05) is 60.7 Å². The highest BCUT2D eigenvalue weighted by Crippen LogP contribution is 2.42. The van der Waals surface area contributed by atoms with Gasteiger partial charge in [0.05, 0.1) is 5.69 Å². The van der Waals surface area contributed by atoms with Crippen LogP contribution in [0.5, 0.6) is 0 Å². The Labute approximate surface area is 266 Å². The number of carbonyl (C=O) groups excluding carboxylic acids is 3. The number of esters is 1. The topological polar surface area (TPSA) is 162 Å². The number of hydrogen-bond donors (Lipinski definition) is 2. The molecule has 0 bridgehead atoms. The highest BCUT2D eigenvalue weighted by Gasteiger charge is 2.55. The molecule has 1 saturated heterocycles. The number of anilines is 1. The van der Waals surface area contributed by atoms with Crippen LogP contribution < -0.4 is 11.1 Å². The first-order valence-corrected chi connectivity index (χ1v) is 15.8. The molecule has 0 radical (unpaired) electrons. The van der Waals surface area contributed by atoms with E-state index < -0.39 is 35.3 Å². The van der Waals surface area contributed by atoms with Gasteiger partial charge in [0.1, 0.15) is 35.7 Å². The number of nitrogens with zero attached hydrogens (tertiary/aromatic N) is 4. The van der Waals surface area contributed by atoms with Gasteiger partial charge in [-0.3, -0.25) is 14.5 Å². The van der Waals surface area contributed by atoms with E-state index in [1.54, 1.807) is 18.4 Å². The van der Waals surface area contributed by atoms with E-state index >= 15 is 0 Å². The number of amides is 2. The molecule has 2 amide bonds. The molecular formula is C31H28N6O6S2. The second-order valence-electron chi connectivity index (χ2n) is 10.2. The molecule has 4 aromatic rings. The summed E-state index contributed by atoms with van der Waals surface area (Å²) in [6.45, 7) is 1.81. The lowest BCUT2D eigenvalue weighted by Crippen LogP contribution is -2.71. The van der Waals surface area contributed by atoms with Crippen molar-refractivity contribution >= 4 is 51.7 Å². The van der Waals surface area contributed by atoms with Crippen LogP contribution in [-0.4, -0.2) is 62.8 Å². The van der Waals surface area contributed by atoms with Crippen LogP contribution in [0, 0.1) is 6.92 Å². The number of rotatable bonds is 10. The quantitative estimate of drug-likeness (QED) is 0.113. The summed E-state index contributed by atoms with van der Waals surface area (Å²) in [6.07, 6.45) is -0.470. The van der Waals surface area contributed by atoms with Gasteiger partial charge in [-0.05, 0) is 23.6 Å².